The Morgan fingerprint density at radius 1 is 1.33 bits per heavy atom. The molecule has 0 radical (unpaired) electrons. The monoisotopic (exact) mass is 251 g/mol. The second-order valence-corrected chi connectivity index (χ2v) is 6.28. The average Bonchev–Trinajstić information content (AvgIpc) is 2.67. The lowest BCUT2D eigenvalue weighted by Crippen LogP contribution is -2.39. The van der Waals surface area contributed by atoms with E-state index < -0.39 is 0 Å². The number of hydrogen-bond acceptors (Lipinski definition) is 2. The van der Waals surface area contributed by atoms with E-state index in [0.717, 1.165) is 18.9 Å². The number of rotatable bonds is 7. The van der Waals surface area contributed by atoms with Crippen LogP contribution in [0.4, 0.5) is 0 Å². The van der Waals surface area contributed by atoms with Crippen molar-refractivity contribution in [1.82, 2.24) is 14.9 Å². The molecule has 104 valence electrons. The lowest BCUT2D eigenvalue weighted by molar-refractivity contribution is 0.342. The van der Waals surface area contributed by atoms with E-state index in [1.165, 1.54) is 25.1 Å². The summed E-state index contributed by atoms with van der Waals surface area (Å²) in [6, 6.07) is 0. The predicted molar refractivity (Wildman–Crippen MR) is 77.7 cm³/mol. The molecule has 0 saturated carbocycles. The van der Waals surface area contributed by atoms with Gasteiger partial charge in [-0.2, -0.15) is 0 Å². The van der Waals surface area contributed by atoms with Gasteiger partial charge in [0.25, 0.3) is 0 Å². The topological polar surface area (TPSA) is 29.9 Å². The van der Waals surface area contributed by atoms with Crippen molar-refractivity contribution in [2.45, 2.75) is 58.9 Å². The second-order valence-electron chi connectivity index (χ2n) is 6.28. The molecular weight excluding hydrogens is 222 g/mol. The van der Waals surface area contributed by atoms with Gasteiger partial charge in [-0.05, 0) is 46.1 Å². The molecule has 3 nitrogen and oxygen atoms in total. The van der Waals surface area contributed by atoms with E-state index in [2.05, 4.69) is 49.6 Å². The van der Waals surface area contributed by atoms with Crippen molar-refractivity contribution in [2.24, 2.45) is 13.0 Å². The number of imidazole rings is 1. The Balaban J connectivity index is 2.40. The molecule has 1 heterocycles. The van der Waals surface area contributed by atoms with Crippen molar-refractivity contribution >= 4 is 0 Å². The number of nitrogens with one attached hydrogen (secondary N) is 1. The summed E-state index contributed by atoms with van der Waals surface area (Å²) in [6.45, 7) is 10.1. The highest BCUT2D eigenvalue weighted by Gasteiger charge is 2.14. The van der Waals surface area contributed by atoms with Crippen molar-refractivity contribution in [3.8, 4) is 0 Å². The fourth-order valence-corrected chi connectivity index (χ4v) is 2.18. The largest absolute Gasteiger partial charge is 0.338 e. The number of nitrogens with zero attached hydrogens (tertiary/aromatic N) is 2. The molecule has 1 rings (SSSR count). The summed E-state index contributed by atoms with van der Waals surface area (Å²) < 4.78 is 2.13. The molecular formula is C15H29N3. The van der Waals surface area contributed by atoms with Gasteiger partial charge in [0.1, 0.15) is 5.82 Å². The second kappa shape index (κ2) is 6.93. The molecule has 1 N–H and O–H groups in total. The predicted octanol–water partition coefficient (Wildman–Crippen LogP) is 3.16. The van der Waals surface area contributed by atoms with Gasteiger partial charge in [-0.3, -0.25) is 0 Å². The first-order valence-electron chi connectivity index (χ1n) is 7.13. The molecule has 0 aromatic carbocycles. The van der Waals surface area contributed by atoms with Crippen LogP contribution in [0.15, 0.2) is 12.4 Å². The zero-order valence-electron chi connectivity index (χ0n) is 12.7. The van der Waals surface area contributed by atoms with Crippen LogP contribution in [-0.2, 0) is 13.5 Å². The fraction of sp³-hybridized carbons (Fsp3) is 0.800. The first-order valence-corrected chi connectivity index (χ1v) is 7.13. The minimum Gasteiger partial charge on any atom is -0.338 e. The van der Waals surface area contributed by atoms with E-state index in [-0.39, 0.29) is 5.54 Å². The van der Waals surface area contributed by atoms with E-state index in [0.29, 0.717) is 0 Å². The van der Waals surface area contributed by atoms with Crippen molar-refractivity contribution < 1.29 is 0 Å². The van der Waals surface area contributed by atoms with E-state index >= 15 is 0 Å². The summed E-state index contributed by atoms with van der Waals surface area (Å²) in [5, 5.41) is 3.62. The minimum atomic E-state index is 0.217. The maximum absolute atomic E-state index is 4.40. The number of hydrogen-bond donors (Lipinski definition) is 1. The molecule has 3 heteroatoms. The number of aryl methyl sites for hydroxylation is 2. The van der Waals surface area contributed by atoms with Crippen LogP contribution in [0.5, 0.6) is 0 Å². The highest BCUT2D eigenvalue weighted by molar-refractivity contribution is 4.91. The molecule has 1 unspecified atom stereocenters. The minimum absolute atomic E-state index is 0.217. The lowest BCUT2D eigenvalue weighted by atomic mass is 9.96. The highest BCUT2D eigenvalue weighted by Crippen LogP contribution is 2.15. The molecule has 1 aromatic rings. The Hall–Kier alpha value is -0.830. The van der Waals surface area contributed by atoms with Crippen LogP contribution in [-0.4, -0.2) is 21.6 Å². The molecule has 0 spiro atoms. The molecule has 0 aliphatic carbocycles. The van der Waals surface area contributed by atoms with Crippen LogP contribution in [0.3, 0.4) is 0 Å². The van der Waals surface area contributed by atoms with Crippen LogP contribution >= 0.6 is 0 Å². The van der Waals surface area contributed by atoms with Gasteiger partial charge < -0.3 is 9.88 Å². The fourth-order valence-electron chi connectivity index (χ4n) is 2.18. The molecule has 1 atom stereocenters. The van der Waals surface area contributed by atoms with Crippen LogP contribution in [0, 0.1) is 5.92 Å². The Morgan fingerprint density at radius 3 is 2.56 bits per heavy atom. The Bertz CT molecular complexity index is 336. The summed E-state index contributed by atoms with van der Waals surface area (Å²) in [5.41, 5.74) is 0.217. The van der Waals surface area contributed by atoms with Crippen molar-refractivity contribution in [1.29, 1.82) is 0 Å². The summed E-state index contributed by atoms with van der Waals surface area (Å²) in [6.07, 6.45) is 8.78. The van der Waals surface area contributed by atoms with E-state index in [4.69, 9.17) is 0 Å². The highest BCUT2D eigenvalue weighted by atomic mass is 15.0. The summed E-state index contributed by atoms with van der Waals surface area (Å²) in [5.74, 6) is 1.96. The standard InChI is InChI=1S/C15H29N3/c1-6-7-13(12-17-15(2,3)4)8-9-14-16-10-11-18(14)5/h10-11,13,17H,6-9,12H2,1-5H3. The Morgan fingerprint density at radius 2 is 2.06 bits per heavy atom. The zero-order chi connectivity index (χ0) is 13.6. The van der Waals surface area contributed by atoms with Crippen molar-refractivity contribution in [2.75, 3.05) is 6.54 Å². The summed E-state index contributed by atoms with van der Waals surface area (Å²) >= 11 is 0. The van der Waals surface area contributed by atoms with Gasteiger partial charge in [-0.1, -0.05) is 13.3 Å². The maximum atomic E-state index is 4.40. The first-order chi connectivity index (χ1) is 8.42. The summed E-state index contributed by atoms with van der Waals surface area (Å²) in [4.78, 5) is 4.40. The van der Waals surface area contributed by atoms with Gasteiger partial charge in [0, 0.05) is 31.4 Å². The normalized spacial score (nSPS) is 13.8. The zero-order valence-corrected chi connectivity index (χ0v) is 12.7. The van der Waals surface area contributed by atoms with Crippen molar-refractivity contribution in [3.63, 3.8) is 0 Å². The SMILES string of the molecule is CCCC(CCc1nccn1C)CNC(C)(C)C. The maximum Gasteiger partial charge on any atom is 0.108 e. The Kier molecular flexibility index (Phi) is 5.86. The van der Waals surface area contributed by atoms with Gasteiger partial charge in [-0.25, -0.2) is 4.98 Å². The van der Waals surface area contributed by atoms with Crippen LogP contribution in [0.2, 0.25) is 0 Å². The van der Waals surface area contributed by atoms with Crippen LogP contribution < -0.4 is 5.32 Å². The lowest BCUT2D eigenvalue weighted by Gasteiger charge is -2.25. The molecule has 0 aliphatic rings. The van der Waals surface area contributed by atoms with Gasteiger partial charge in [0.15, 0.2) is 0 Å². The molecule has 0 amide bonds. The van der Waals surface area contributed by atoms with Gasteiger partial charge in [0.05, 0.1) is 0 Å². The van der Waals surface area contributed by atoms with E-state index in [1.54, 1.807) is 0 Å². The average molecular weight is 251 g/mol. The van der Waals surface area contributed by atoms with E-state index in [9.17, 15) is 0 Å². The third-order valence-electron chi connectivity index (χ3n) is 3.32. The van der Waals surface area contributed by atoms with E-state index in [1.807, 2.05) is 12.4 Å². The summed E-state index contributed by atoms with van der Waals surface area (Å²) in [7, 11) is 2.07. The van der Waals surface area contributed by atoms with Crippen LogP contribution in [0.1, 0.15) is 52.8 Å². The molecule has 18 heavy (non-hydrogen) atoms. The molecule has 0 fully saturated rings. The van der Waals surface area contributed by atoms with Gasteiger partial charge in [-0.15, -0.1) is 0 Å². The molecule has 1 aromatic heterocycles. The Labute approximate surface area is 112 Å². The third kappa shape index (κ3) is 5.67. The molecule has 0 saturated heterocycles. The quantitative estimate of drug-likeness (QED) is 0.806. The van der Waals surface area contributed by atoms with Gasteiger partial charge >= 0.3 is 0 Å². The van der Waals surface area contributed by atoms with Gasteiger partial charge in [0.2, 0.25) is 0 Å². The first kappa shape index (κ1) is 15.2. The smallest absolute Gasteiger partial charge is 0.108 e. The molecule has 0 bridgehead atoms. The third-order valence-corrected chi connectivity index (χ3v) is 3.32. The van der Waals surface area contributed by atoms with Crippen molar-refractivity contribution in [3.05, 3.63) is 18.2 Å². The molecule has 0 aliphatic heterocycles. The van der Waals surface area contributed by atoms with Crippen LogP contribution in [0.25, 0.3) is 0 Å². The number of aromatic nitrogens is 2.